The van der Waals surface area contributed by atoms with E-state index in [0.29, 0.717) is 12.8 Å². The summed E-state index contributed by atoms with van der Waals surface area (Å²) in [7, 11) is 0. The van der Waals surface area contributed by atoms with E-state index in [4.69, 9.17) is 14.2 Å². The molecule has 2 rings (SSSR count). The molecule has 2 N–H and O–H groups in total. The van der Waals surface area contributed by atoms with Gasteiger partial charge in [0.2, 0.25) is 5.91 Å². The molecule has 2 amide bonds. The van der Waals surface area contributed by atoms with Crippen LogP contribution in [0, 0.1) is 17.8 Å². The fraction of sp³-hybridized carbons (Fsp3) is 0.600. The van der Waals surface area contributed by atoms with Gasteiger partial charge in [-0.1, -0.05) is 25.3 Å². The summed E-state index contributed by atoms with van der Waals surface area (Å²) < 4.78 is 14.9. The molecule has 0 aliphatic heterocycles. The molecule has 0 aromatic rings. The van der Waals surface area contributed by atoms with E-state index >= 15 is 0 Å². The van der Waals surface area contributed by atoms with Gasteiger partial charge >= 0.3 is 18.0 Å². The van der Waals surface area contributed by atoms with E-state index in [1.54, 1.807) is 6.92 Å². The molecule has 2 saturated carbocycles. The zero-order chi connectivity index (χ0) is 21.4. The Morgan fingerprint density at radius 3 is 2.45 bits per heavy atom. The molecule has 0 saturated heterocycles. The van der Waals surface area contributed by atoms with Crippen LogP contribution in [-0.4, -0.2) is 55.8 Å². The first-order valence-corrected chi connectivity index (χ1v) is 9.68. The van der Waals surface area contributed by atoms with Crippen molar-refractivity contribution in [2.24, 2.45) is 17.8 Å². The number of esters is 2. The largest absolute Gasteiger partial charge is 0.466 e. The average Bonchev–Trinajstić information content (AvgIpc) is 3.32. The molecule has 9 nitrogen and oxygen atoms in total. The summed E-state index contributed by atoms with van der Waals surface area (Å²) in [4.78, 5) is 49.0. The number of nitrogens with one attached hydrogen (secondary N) is 2. The van der Waals surface area contributed by atoms with Crippen molar-refractivity contribution in [3.8, 4) is 0 Å². The molecule has 160 valence electrons. The number of carbonyl (C=O) groups is 4. The number of rotatable bonds is 11. The van der Waals surface area contributed by atoms with Crippen molar-refractivity contribution in [3.63, 3.8) is 0 Å². The molecule has 0 radical (unpaired) electrons. The number of fused-ring (bicyclic) bond motifs is 1. The van der Waals surface area contributed by atoms with Crippen molar-refractivity contribution < 1.29 is 33.4 Å². The second-order valence-electron chi connectivity index (χ2n) is 6.97. The number of carbonyl (C=O) groups excluding carboxylic acids is 4. The minimum Gasteiger partial charge on any atom is -0.466 e. The maximum Gasteiger partial charge on any atom is 0.408 e. The number of hydrogen-bond donors (Lipinski definition) is 2. The van der Waals surface area contributed by atoms with Crippen LogP contribution in [0.1, 0.15) is 26.2 Å². The van der Waals surface area contributed by atoms with Crippen LogP contribution in [0.15, 0.2) is 25.3 Å². The van der Waals surface area contributed by atoms with E-state index < -0.39 is 41.3 Å². The van der Waals surface area contributed by atoms with Gasteiger partial charge < -0.3 is 24.8 Å². The highest BCUT2D eigenvalue weighted by atomic mass is 16.5. The van der Waals surface area contributed by atoms with Gasteiger partial charge in [-0.25, -0.2) is 4.79 Å². The second-order valence-corrected chi connectivity index (χ2v) is 6.97. The highest BCUT2D eigenvalue weighted by molar-refractivity contribution is 5.93. The summed E-state index contributed by atoms with van der Waals surface area (Å²) >= 11 is 0. The van der Waals surface area contributed by atoms with Crippen molar-refractivity contribution in [3.05, 3.63) is 25.3 Å². The standard InChI is InChI=1S/C20H28N2O7/c1-4-11-28-17(24)15-13-7-9-20(16(13)15,22-19(26)29-12-5-2)18(25)21-10-8-14(23)27-6-3/h4-5,13,15-16H,1-2,6-12H2,3H3,(H,21,25)(H,22,26)/t13-,15?,16-,20-/m0/s1. The van der Waals surface area contributed by atoms with E-state index in [0.717, 1.165) is 0 Å². The Hall–Kier alpha value is -2.84. The second kappa shape index (κ2) is 10.1. The summed E-state index contributed by atoms with van der Waals surface area (Å²) in [6, 6.07) is 0. The maximum absolute atomic E-state index is 13.0. The molecule has 0 spiro atoms. The summed E-state index contributed by atoms with van der Waals surface area (Å²) in [5.74, 6) is -2.21. The highest BCUT2D eigenvalue weighted by Gasteiger charge is 2.72. The zero-order valence-electron chi connectivity index (χ0n) is 16.6. The number of hydrogen-bond acceptors (Lipinski definition) is 7. The van der Waals surface area contributed by atoms with E-state index in [9.17, 15) is 19.2 Å². The molecule has 2 fully saturated rings. The van der Waals surface area contributed by atoms with Crippen LogP contribution in [-0.2, 0) is 28.6 Å². The third kappa shape index (κ3) is 5.16. The van der Waals surface area contributed by atoms with Gasteiger partial charge in [0.05, 0.1) is 18.9 Å². The molecule has 0 heterocycles. The molecular weight excluding hydrogens is 380 g/mol. The van der Waals surface area contributed by atoms with E-state index in [1.807, 2.05) is 0 Å². The van der Waals surface area contributed by atoms with Gasteiger partial charge in [-0.2, -0.15) is 0 Å². The van der Waals surface area contributed by atoms with Gasteiger partial charge in [0.1, 0.15) is 18.8 Å². The van der Waals surface area contributed by atoms with Crippen LogP contribution >= 0.6 is 0 Å². The topological polar surface area (TPSA) is 120 Å². The third-order valence-corrected chi connectivity index (χ3v) is 5.21. The van der Waals surface area contributed by atoms with Crippen LogP contribution in [0.3, 0.4) is 0 Å². The monoisotopic (exact) mass is 408 g/mol. The van der Waals surface area contributed by atoms with E-state index in [2.05, 4.69) is 23.8 Å². The molecule has 0 aromatic heterocycles. The van der Waals surface area contributed by atoms with Crippen molar-refractivity contribution in [2.75, 3.05) is 26.4 Å². The summed E-state index contributed by atoms with van der Waals surface area (Å²) in [5, 5.41) is 5.33. The SMILES string of the molecule is C=CCOC(=O)N[C@@]1(C(=O)NCCC(=O)OCC)CC[C@H]2C(C(=O)OCC=C)[C@H]21. The Morgan fingerprint density at radius 1 is 1.10 bits per heavy atom. The molecule has 2 aliphatic carbocycles. The molecule has 9 heteroatoms. The van der Waals surface area contributed by atoms with Crippen molar-refractivity contribution in [2.45, 2.75) is 31.7 Å². The lowest BCUT2D eigenvalue weighted by molar-refractivity contribution is -0.145. The average molecular weight is 408 g/mol. The summed E-state index contributed by atoms with van der Waals surface area (Å²) in [6.45, 7) is 9.08. The summed E-state index contributed by atoms with van der Waals surface area (Å²) in [5.41, 5.74) is -1.30. The Kier molecular flexibility index (Phi) is 7.81. The molecular formula is C20H28N2O7. The van der Waals surface area contributed by atoms with Crippen LogP contribution in [0.2, 0.25) is 0 Å². The summed E-state index contributed by atoms with van der Waals surface area (Å²) in [6.07, 6.45) is 3.07. The molecule has 0 bridgehead atoms. The van der Waals surface area contributed by atoms with Crippen LogP contribution in [0.25, 0.3) is 0 Å². The van der Waals surface area contributed by atoms with Crippen LogP contribution < -0.4 is 10.6 Å². The van der Waals surface area contributed by atoms with Crippen molar-refractivity contribution in [1.29, 1.82) is 0 Å². The zero-order valence-corrected chi connectivity index (χ0v) is 16.6. The van der Waals surface area contributed by atoms with Gasteiger partial charge in [-0.05, 0) is 25.7 Å². The Balaban J connectivity index is 2.08. The minimum atomic E-state index is -1.30. The van der Waals surface area contributed by atoms with E-state index in [1.165, 1.54) is 12.2 Å². The van der Waals surface area contributed by atoms with Gasteiger partial charge in [-0.15, -0.1) is 0 Å². The Labute approximate surface area is 169 Å². The van der Waals surface area contributed by atoms with Crippen molar-refractivity contribution >= 4 is 23.9 Å². The number of alkyl carbamates (subject to hydrolysis) is 1. The number of amides is 2. The minimum absolute atomic E-state index is 0.00864. The third-order valence-electron chi connectivity index (χ3n) is 5.21. The smallest absolute Gasteiger partial charge is 0.408 e. The lowest BCUT2D eigenvalue weighted by Crippen LogP contribution is -2.60. The first-order chi connectivity index (χ1) is 13.9. The fourth-order valence-corrected chi connectivity index (χ4v) is 4.01. The molecule has 4 atom stereocenters. The maximum atomic E-state index is 13.0. The van der Waals surface area contributed by atoms with Crippen molar-refractivity contribution in [1.82, 2.24) is 10.6 Å². The Morgan fingerprint density at radius 2 is 1.79 bits per heavy atom. The lowest BCUT2D eigenvalue weighted by Gasteiger charge is -2.31. The van der Waals surface area contributed by atoms with Gasteiger partial charge in [0, 0.05) is 12.5 Å². The van der Waals surface area contributed by atoms with Gasteiger partial charge in [0.25, 0.3) is 0 Å². The predicted molar refractivity (Wildman–Crippen MR) is 103 cm³/mol. The first kappa shape index (κ1) is 22.4. The first-order valence-electron chi connectivity index (χ1n) is 9.68. The van der Waals surface area contributed by atoms with Crippen LogP contribution in [0.4, 0.5) is 4.79 Å². The lowest BCUT2D eigenvalue weighted by atomic mass is 9.89. The highest BCUT2D eigenvalue weighted by Crippen LogP contribution is 2.62. The molecule has 29 heavy (non-hydrogen) atoms. The normalized spacial score (nSPS) is 26.4. The van der Waals surface area contributed by atoms with Crippen LogP contribution in [0.5, 0.6) is 0 Å². The fourth-order valence-electron chi connectivity index (χ4n) is 4.01. The number of ether oxygens (including phenoxy) is 3. The van der Waals surface area contributed by atoms with E-state index in [-0.39, 0.29) is 38.7 Å². The molecule has 1 unspecified atom stereocenters. The Bertz CT molecular complexity index is 678. The molecule has 2 aliphatic rings. The molecule has 0 aromatic carbocycles. The predicted octanol–water partition coefficient (Wildman–Crippen LogP) is 1.09. The van der Waals surface area contributed by atoms with Gasteiger partial charge in [0.15, 0.2) is 0 Å². The quantitative estimate of drug-likeness (QED) is 0.298. The van der Waals surface area contributed by atoms with Gasteiger partial charge in [-0.3, -0.25) is 14.4 Å².